The minimum Gasteiger partial charge on any atom is -0.464 e. The molecule has 0 bridgehead atoms. The van der Waals surface area contributed by atoms with Gasteiger partial charge in [0.05, 0.1) is 13.3 Å². The zero-order valence-corrected chi connectivity index (χ0v) is 12.1. The van der Waals surface area contributed by atoms with Crippen molar-refractivity contribution in [3.05, 3.63) is 41.2 Å². The minimum atomic E-state index is -0.587. The van der Waals surface area contributed by atoms with Crippen LogP contribution in [0.1, 0.15) is 21.6 Å². The second-order valence-electron chi connectivity index (χ2n) is 4.66. The molecule has 1 aromatic heterocycles. The van der Waals surface area contributed by atoms with Crippen molar-refractivity contribution in [1.82, 2.24) is 15.0 Å². The summed E-state index contributed by atoms with van der Waals surface area (Å²) < 4.78 is 5.81. The first-order chi connectivity index (χ1) is 9.99. The summed E-state index contributed by atoms with van der Waals surface area (Å²) in [7, 11) is 1.26. The largest absolute Gasteiger partial charge is 0.464 e. The van der Waals surface area contributed by atoms with Gasteiger partial charge in [-0.05, 0) is 31.0 Å². The van der Waals surface area contributed by atoms with Crippen molar-refractivity contribution in [2.75, 3.05) is 12.4 Å². The van der Waals surface area contributed by atoms with Crippen molar-refractivity contribution in [1.29, 1.82) is 0 Å². The highest BCUT2D eigenvalue weighted by Crippen LogP contribution is 2.16. The van der Waals surface area contributed by atoms with E-state index in [1.54, 1.807) is 0 Å². The summed E-state index contributed by atoms with van der Waals surface area (Å²) in [6.07, 6.45) is 1.37. The van der Waals surface area contributed by atoms with Crippen LogP contribution < -0.4 is 5.32 Å². The SMILES string of the molecule is COC(=O)c1cn(CC(=O)Nc2cc(C)ccc2C)nn1. The molecular weight excluding hydrogens is 272 g/mol. The van der Waals surface area contributed by atoms with E-state index in [1.807, 2.05) is 32.0 Å². The first kappa shape index (κ1) is 14.7. The molecule has 1 amide bonds. The van der Waals surface area contributed by atoms with Gasteiger partial charge in [0.25, 0.3) is 0 Å². The number of nitrogens with one attached hydrogen (secondary N) is 1. The molecule has 7 heteroatoms. The zero-order valence-electron chi connectivity index (χ0n) is 12.1. The van der Waals surface area contributed by atoms with E-state index in [0.717, 1.165) is 16.8 Å². The number of esters is 1. The molecule has 2 aromatic rings. The highest BCUT2D eigenvalue weighted by molar-refractivity contribution is 5.91. The molecule has 0 saturated carbocycles. The molecule has 110 valence electrons. The number of hydrogen-bond donors (Lipinski definition) is 1. The van der Waals surface area contributed by atoms with Gasteiger partial charge in [-0.15, -0.1) is 5.10 Å². The number of anilines is 1. The minimum absolute atomic E-state index is 0.0304. The van der Waals surface area contributed by atoms with Gasteiger partial charge >= 0.3 is 5.97 Å². The number of aryl methyl sites for hydroxylation is 2. The van der Waals surface area contributed by atoms with Gasteiger partial charge in [-0.25, -0.2) is 9.48 Å². The van der Waals surface area contributed by atoms with Crippen molar-refractivity contribution in [2.24, 2.45) is 0 Å². The Bertz CT molecular complexity index is 679. The van der Waals surface area contributed by atoms with Crippen LogP contribution in [0.25, 0.3) is 0 Å². The van der Waals surface area contributed by atoms with Crippen LogP contribution >= 0.6 is 0 Å². The van der Waals surface area contributed by atoms with Crippen LogP contribution in [0.15, 0.2) is 24.4 Å². The second-order valence-corrected chi connectivity index (χ2v) is 4.66. The van der Waals surface area contributed by atoms with Crippen LogP contribution in [0, 0.1) is 13.8 Å². The third-order valence-electron chi connectivity index (χ3n) is 2.91. The number of carbonyl (C=O) groups is 2. The van der Waals surface area contributed by atoms with Gasteiger partial charge in [-0.1, -0.05) is 17.3 Å². The lowest BCUT2D eigenvalue weighted by molar-refractivity contribution is -0.116. The van der Waals surface area contributed by atoms with Crippen molar-refractivity contribution in [3.63, 3.8) is 0 Å². The van der Waals surface area contributed by atoms with E-state index < -0.39 is 5.97 Å². The first-order valence-corrected chi connectivity index (χ1v) is 6.35. The van der Waals surface area contributed by atoms with Crippen molar-refractivity contribution < 1.29 is 14.3 Å². The van der Waals surface area contributed by atoms with E-state index >= 15 is 0 Å². The number of aromatic nitrogens is 3. The first-order valence-electron chi connectivity index (χ1n) is 6.35. The summed E-state index contributed by atoms with van der Waals surface area (Å²) >= 11 is 0. The molecule has 0 aliphatic rings. The Morgan fingerprint density at radius 3 is 2.81 bits per heavy atom. The molecule has 1 heterocycles. The Balaban J connectivity index is 2.03. The molecule has 0 aliphatic heterocycles. The molecule has 0 atom stereocenters. The molecule has 0 unspecified atom stereocenters. The quantitative estimate of drug-likeness (QED) is 0.857. The van der Waals surface area contributed by atoms with Crippen LogP contribution in [0.4, 0.5) is 5.69 Å². The van der Waals surface area contributed by atoms with Crippen LogP contribution in [-0.2, 0) is 16.1 Å². The Kier molecular flexibility index (Phi) is 4.32. The normalized spacial score (nSPS) is 10.2. The fourth-order valence-electron chi connectivity index (χ4n) is 1.78. The molecule has 0 spiro atoms. The highest BCUT2D eigenvalue weighted by Gasteiger charge is 2.12. The molecule has 0 aliphatic carbocycles. The molecule has 21 heavy (non-hydrogen) atoms. The summed E-state index contributed by atoms with van der Waals surface area (Å²) in [5.41, 5.74) is 2.86. The molecule has 0 fully saturated rings. The van der Waals surface area contributed by atoms with Gasteiger partial charge < -0.3 is 10.1 Å². The number of benzene rings is 1. The zero-order chi connectivity index (χ0) is 15.4. The van der Waals surface area contributed by atoms with Gasteiger partial charge in [0.15, 0.2) is 5.69 Å². The van der Waals surface area contributed by atoms with E-state index in [-0.39, 0.29) is 18.1 Å². The fourth-order valence-corrected chi connectivity index (χ4v) is 1.78. The topological polar surface area (TPSA) is 86.1 Å². The van der Waals surface area contributed by atoms with Crippen molar-refractivity contribution in [2.45, 2.75) is 20.4 Å². The average Bonchev–Trinajstić information content (AvgIpc) is 2.90. The van der Waals surface area contributed by atoms with E-state index in [9.17, 15) is 9.59 Å². The van der Waals surface area contributed by atoms with E-state index in [2.05, 4.69) is 20.4 Å². The van der Waals surface area contributed by atoms with Crippen molar-refractivity contribution in [3.8, 4) is 0 Å². The maximum absolute atomic E-state index is 12.0. The number of ether oxygens (including phenoxy) is 1. The van der Waals surface area contributed by atoms with Crippen molar-refractivity contribution >= 4 is 17.6 Å². The second kappa shape index (κ2) is 6.17. The fraction of sp³-hybridized carbons (Fsp3) is 0.286. The number of hydrogen-bond acceptors (Lipinski definition) is 5. The Morgan fingerprint density at radius 1 is 1.33 bits per heavy atom. The molecule has 7 nitrogen and oxygen atoms in total. The Hall–Kier alpha value is -2.70. The number of rotatable bonds is 4. The predicted octanol–water partition coefficient (Wildman–Crippen LogP) is 1.32. The number of amides is 1. The molecule has 2 rings (SSSR count). The lowest BCUT2D eigenvalue weighted by atomic mass is 10.1. The molecule has 0 radical (unpaired) electrons. The van der Waals surface area contributed by atoms with E-state index in [1.165, 1.54) is 18.0 Å². The lowest BCUT2D eigenvalue weighted by Gasteiger charge is -2.09. The Morgan fingerprint density at radius 2 is 2.10 bits per heavy atom. The third kappa shape index (κ3) is 3.65. The molecule has 1 aromatic carbocycles. The van der Waals surface area contributed by atoms with Gasteiger partial charge in [-0.3, -0.25) is 4.79 Å². The van der Waals surface area contributed by atoms with Gasteiger partial charge in [0.1, 0.15) is 6.54 Å². The highest BCUT2D eigenvalue weighted by atomic mass is 16.5. The molecule has 0 saturated heterocycles. The van der Waals surface area contributed by atoms with E-state index in [4.69, 9.17) is 0 Å². The van der Waals surface area contributed by atoms with Gasteiger partial charge in [0, 0.05) is 5.69 Å². The average molecular weight is 288 g/mol. The lowest BCUT2D eigenvalue weighted by Crippen LogP contribution is -2.19. The summed E-state index contributed by atoms with van der Waals surface area (Å²) in [5, 5.41) is 10.2. The summed E-state index contributed by atoms with van der Waals surface area (Å²) in [6, 6.07) is 5.81. The van der Waals surface area contributed by atoms with Crippen LogP contribution in [-0.4, -0.2) is 34.0 Å². The number of carbonyl (C=O) groups excluding carboxylic acids is 2. The van der Waals surface area contributed by atoms with Gasteiger partial charge in [0.2, 0.25) is 5.91 Å². The predicted molar refractivity (Wildman–Crippen MR) is 75.9 cm³/mol. The molecular formula is C14H16N4O3. The maximum atomic E-state index is 12.0. The van der Waals surface area contributed by atoms with Crippen LogP contribution in [0.5, 0.6) is 0 Å². The summed E-state index contributed by atoms with van der Waals surface area (Å²) in [5.74, 6) is -0.832. The summed E-state index contributed by atoms with van der Waals surface area (Å²) in [4.78, 5) is 23.2. The van der Waals surface area contributed by atoms with E-state index in [0.29, 0.717) is 0 Å². The number of methoxy groups -OCH3 is 1. The maximum Gasteiger partial charge on any atom is 0.360 e. The third-order valence-corrected chi connectivity index (χ3v) is 2.91. The standard InChI is InChI=1S/C14H16N4O3/c1-9-4-5-10(2)11(6-9)15-13(19)8-18-7-12(16-17-18)14(20)21-3/h4-7H,8H2,1-3H3,(H,15,19). The Labute approximate surface area is 121 Å². The number of nitrogens with zero attached hydrogens (tertiary/aromatic N) is 3. The van der Waals surface area contributed by atoms with Gasteiger partial charge in [-0.2, -0.15) is 0 Å². The summed E-state index contributed by atoms with van der Waals surface area (Å²) in [6.45, 7) is 3.84. The monoisotopic (exact) mass is 288 g/mol. The van der Waals surface area contributed by atoms with Crippen LogP contribution in [0.3, 0.4) is 0 Å². The smallest absolute Gasteiger partial charge is 0.360 e. The van der Waals surface area contributed by atoms with Crippen LogP contribution in [0.2, 0.25) is 0 Å². The molecule has 1 N–H and O–H groups in total.